The lowest BCUT2D eigenvalue weighted by molar-refractivity contribution is 0.0136. The van der Waals surface area contributed by atoms with E-state index in [-0.39, 0.29) is 11.3 Å². The van der Waals surface area contributed by atoms with Crippen LogP contribution in [-0.4, -0.2) is 65.2 Å². The second-order valence-electron chi connectivity index (χ2n) is 8.23. The smallest absolute Gasteiger partial charge is 0.254 e. The standard InChI is InChI=1S/C23H25N5O2/c29-21(19-5-1-7-20-18(19)6-2-9-24-20)27-12-3-8-23(15-27)16-28(13-14-30-17-23)22-25-10-4-11-26-22/h1-2,4-7,9-11H,3,8,12-17H2. The Labute approximate surface area is 175 Å². The molecule has 1 aromatic carbocycles. The summed E-state index contributed by atoms with van der Waals surface area (Å²) in [5, 5.41) is 0.904. The van der Waals surface area contributed by atoms with Gasteiger partial charge in [0.1, 0.15) is 0 Å². The number of carbonyl (C=O) groups excluding carboxylic acids is 1. The van der Waals surface area contributed by atoms with E-state index in [2.05, 4.69) is 19.9 Å². The van der Waals surface area contributed by atoms with E-state index in [0.717, 1.165) is 54.9 Å². The summed E-state index contributed by atoms with van der Waals surface area (Å²) in [5.74, 6) is 0.797. The van der Waals surface area contributed by atoms with Gasteiger partial charge >= 0.3 is 0 Å². The maximum absolute atomic E-state index is 13.5. The Morgan fingerprint density at radius 1 is 0.967 bits per heavy atom. The van der Waals surface area contributed by atoms with Gasteiger partial charge in [-0.05, 0) is 37.1 Å². The van der Waals surface area contributed by atoms with Crippen molar-refractivity contribution in [3.8, 4) is 0 Å². The van der Waals surface area contributed by atoms with Gasteiger partial charge < -0.3 is 14.5 Å². The molecule has 30 heavy (non-hydrogen) atoms. The molecule has 4 heterocycles. The van der Waals surface area contributed by atoms with Crippen LogP contribution < -0.4 is 4.90 Å². The SMILES string of the molecule is O=C(c1cccc2ncccc12)N1CCCC2(COCCN(c3ncccn3)C2)C1. The average molecular weight is 403 g/mol. The van der Waals surface area contributed by atoms with Gasteiger partial charge in [-0.25, -0.2) is 9.97 Å². The van der Waals surface area contributed by atoms with Crippen molar-refractivity contribution in [2.45, 2.75) is 12.8 Å². The zero-order valence-corrected chi connectivity index (χ0v) is 16.9. The fourth-order valence-electron chi connectivity index (χ4n) is 4.71. The molecule has 154 valence electrons. The minimum atomic E-state index is -0.119. The second-order valence-corrected chi connectivity index (χ2v) is 8.23. The molecule has 0 bridgehead atoms. The number of benzene rings is 1. The third-order valence-corrected chi connectivity index (χ3v) is 6.10. The summed E-state index contributed by atoms with van der Waals surface area (Å²) in [7, 11) is 0. The number of pyridine rings is 1. The summed E-state index contributed by atoms with van der Waals surface area (Å²) in [4.78, 5) is 30.9. The van der Waals surface area contributed by atoms with Crippen molar-refractivity contribution >= 4 is 22.8 Å². The molecule has 2 aromatic heterocycles. The fourth-order valence-corrected chi connectivity index (χ4v) is 4.71. The maximum atomic E-state index is 13.5. The predicted molar refractivity (Wildman–Crippen MR) is 114 cm³/mol. The predicted octanol–water partition coefficient (Wildman–Crippen LogP) is 2.78. The number of rotatable bonds is 2. The highest BCUT2D eigenvalue weighted by Gasteiger charge is 2.41. The monoisotopic (exact) mass is 403 g/mol. The Kier molecular flexibility index (Phi) is 5.04. The minimum Gasteiger partial charge on any atom is -0.379 e. The third-order valence-electron chi connectivity index (χ3n) is 6.10. The van der Waals surface area contributed by atoms with E-state index in [1.807, 2.05) is 41.3 Å². The molecule has 2 saturated heterocycles. The molecule has 3 aromatic rings. The molecule has 1 amide bonds. The van der Waals surface area contributed by atoms with Crippen LogP contribution in [0.1, 0.15) is 23.2 Å². The van der Waals surface area contributed by atoms with E-state index in [1.54, 1.807) is 18.6 Å². The van der Waals surface area contributed by atoms with Crippen LogP contribution in [-0.2, 0) is 4.74 Å². The number of ether oxygens (including phenoxy) is 1. The molecule has 7 heteroatoms. The van der Waals surface area contributed by atoms with Gasteiger partial charge in [-0.2, -0.15) is 0 Å². The van der Waals surface area contributed by atoms with Crippen LogP contribution in [0.3, 0.4) is 0 Å². The Morgan fingerprint density at radius 2 is 1.83 bits per heavy atom. The Balaban J connectivity index is 1.41. The molecule has 1 unspecified atom stereocenters. The van der Waals surface area contributed by atoms with Gasteiger partial charge in [0.2, 0.25) is 5.95 Å². The van der Waals surface area contributed by atoms with E-state index in [1.165, 1.54) is 0 Å². The molecular formula is C23H25N5O2. The van der Waals surface area contributed by atoms with Crippen molar-refractivity contribution < 1.29 is 9.53 Å². The lowest BCUT2D eigenvalue weighted by Gasteiger charge is -2.43. The van der Waals surface area contributed by atoms with Crippen molar-refractivity contribution in [2.24, 2.45) is 5.41 Å². The van der Waals surface area contributed by atoms with Crippen molar-refractivity contribution in [3.63, 3.8) is 0 Å². The molecule has 0 saturated carbocycles. The van der Waals surface area contributed by atoms with E-state index in [9.17, 15) is 4.79 Å². The first-order valence-corrected chi connectivity index (χ1v) is 10.5. The summed E-state index contributed by atoms with van der Waals surface area (Å²) >= 11 is 0. The van der Waals surface area contributed by atoms with Crippen molar-refractivity contribution in [3.05, 3.63) is 60.6 Å². The van der Waals surface area contributed by atoms with Gasteiger partial charge in [0.25, 0.3) is 5.91 Å². The number of nitrogens with zero attached hydrogens (tertiary/aromatic N) is 5. The highest BCUT2D eigenvalue weighted by molar-refractivity contribution is 6.06. The number of hydrogen-bond donors (Lipinski definition) is 0. The first-order chi connectivity index (χ1) is 14.7. The summed E-state index contributed by atoms with van der Waals surface area (Å²) in [6.07, 6.45) is 7.28. The number of carbonyl (C=O) groups is 1. The van der Waals surface area contributed by atoms with E-state index in [4.69, 9.17) is 4.74 Å². The highest BCUT2D eigenvalue weighted by atomic mass is 16.5. The minimum absolute atomic E-state index is 0.0689. The van der Waals surface area contributed by atoms with Crippen LogP contribution in [0.5, 0.6) is 0 Å². The van der Waals surface area contributed by atoms with Crippen LogP contribution in [0, 0.1) is 5.41 Å². The summed E-state index contributed by atoms with van der Waals surface area (Å²) in [6, 6.07) is 11.4. The Morgan fingerprint density at radius 3 is 2.73 bits per heavy atom. The zero-order chi connectivity index (χ0) is 20.4. The van der Waals surface area contributed by atoms with E-state index in [0.29, 0.717) is 19.8 Å². The highest BCUT2D eigenvalue weighted by Crippen LogP contribution is 2.35. The largest absolute Gasteiger partial charge is 0.379 e. The van der Waals surface area contributed by atoms with E-state index < -0.39 is 0 Å². The second kappa shape index (κ2) is 7.99. The first kappa shape index (κ1) is 18.9. The number of likely N-dealkylation sites (tertiary alicyclic amines) is 1. The number of hydrogen-bond acceptors (Lipinski definition) is 6. The quantitative estimate of drug-likeness (QED) is 0.655. The molecular weight excluding hydrogens is 378 g/mol. The molecule has 0 aliphatic carbocycles. The average Bonchev–Trinajstić information content (AvgIpc) is 3.01. The van der Waals surface area contributed by atoms with Crippen molar-refractivity contribution in [1.82, 2.24) is 19.9 Å². The van der Waals surface area contributed by atoms with Gasteiger partial charge in [0, 0.05) is 61.1 Å². The zero-order valence-electron chi connectivity index (χ0n) is 16.9. The molecule has 7 nitrogen and oxygen atoms in total. The molecule has 2 fully saturated rings. The summed E-state index contributed by atoms with van der Waals surface area (Å²) in [5.41, 5.74) is 1.45. The Hall–Kier alpha value is -3.06. The number of fused-ring (bicyclic) bond motifs is 1. The normalized spacial score (nSPS) is 22.3. The molecule has 0 radical (unpaired) electrons. The lowest BCUT2D eigenvalue weighted by Crippen LogP contribution is -2.52. The molecule has 2 aliphatic heterocycles. The van der Waals surface area contributed by atoms with Crippen LogP contribution in [0.2, 0.25) is 0 Å². The molecule has 1 spiro atoms. The number of anilines is 1. The van der Waals surface area contributed by atoms with Gasteiger partial charge in [0.05, 0.1) is 18.7 Å². The summed E-state index contributed by atoms with van der Waals surface area (Å²) in [6.45, 7) is 4.28. The number of amides is 1. The van der Waals surface area contributed by atoms with Gasteiger partial charge in [-0.15, -0.1) is 0 Å². The third kappa shape index (κ3) is 3.61. The van der Waals surface area contributed by atoms with Crippen molar-refractivity contribution in [1.29, 1.82) is 0 Å². The maximum Gasteiger partial charge on any atom is 0.254 e. The van der Waals surface area contributed by atoms with Gasteiger partial charge in [-0.3, -0.25) is 9.78 Å². The van der Waals surface area contributed by atoms with E-state index >= 15 is 0 Å². The fraction of sp³-hybridized carbons (Fsp3) is 0.391. The number of piperidine rings is 1. The van der Waals surface area contributed by atoms with Gasteiger partial charge in [0.15, 0.2) is 0 Å². The first-order valence-electron chi connectivity index (χ1n) is 10.5. The summed E-state index contributed by atoms with van der Waals surface area (Å²) < 4.78 is 6.00. The topological polar surface area (TPSA) is 71.5 Å². The van der Waals surface area contributed by atoms with Crippen LogP contribution in [0.4, 0.5) is 5.95 Å². The Bertz CT molecular complexity index is 1040. The number of aromatic nitrogens is 3. The van der Waals surface area contributed by atoms with Gasteiger partial charge in [-0.1, -0.05) is 12.1 Å². The lowest BCUT2D eigenvalue weighted by atomic mass is 9.80. The van der Waals surface area contributed by atoms with Crippen LogP contribution in [0.25, 0.3) is 10.9 Å². The van der Waals surface area contributed by atoms with Crippen LogP contribution >= 0.6 is 0 Å². The molecule has 5 rings (SSSR count). The molecule has 2 aliphatic rings. The molecule has 0 N–H and O–H groups in total. The van der Waals surface area contributed by atoms with Crippen molar-refractivity contribution in [2.75, 3.05) is 44.3 Å². The van der Waals surface area contributed by atoms with Crippen LogP contribution in [0.15, 0.2) is 55.0 Å². The molecule has 1 atom stereocenters.